The van der Waals surface area contributed by atoms with Gasteiger partial charge in [0.25, 0.3) is 0 Å². The lowest BCUT2D eigenvalue weighted by Crippen LogP contribution is -2.32. The number of anilines is 1. The van der Waals surface area contributed by atoms with Crippen LogP contribution in [0.15, 0.2) is 24.3 Å². The Morgan fingerprint density at radius 2 is 1.60 bits per heavy atom. The molecule has 0 saturated carbocycles. The fraction of sp³-hybridized carbons (Fsp3) is 0.667. The minimum Gasteiger partial charge on any atom is -0.384 e. The molecule has 1 heterocycles. The third-order valence-corrected chi connectivity index (χ3v) is 3.21. The van der Waals surface area contributed by atoms with Gasteiger partial charge in [0.05, 0.1) is 6.61 Å². The first-order valence-electron chi connectivity index (χ1n) is 8.15. The van der Waals surface area contributed by atoms with E-state index in [0.717, 1.165) is 19.6 Å². The average Bonchev–Trinajstić information content (AvgIpc) is 2.93. The smallest absolute Gasteiger partial charge is 0.0576 e. The Balaban J connectivity index is 0. The van der Waals surface area contributed by atoms with Gasteiger partial charge in [0.15, 0.2) is 0 Å². The van der Waals surface area contributed by atoms with Crippen LogP contribution >= 0.6 is 0 Å². The van der Waals surface area contributed by atoms with Crippen LogP contribution in [0, 0.1) is 0 Å². The fourth-order valence-electron chi connectivity index (χ4n) is 2.28. The summed E-state index contributed by atoms with van der Waals surface area (Å²) in [5.74, 6) is 0. The van der Waals surface area contributed by atoms with Crippen LogP contribution < -0.4 is 5.32 Å². The highest BCUT2D eigenvalue weighted by molar-refractivity contribution is 5.60. The van der Waals surface area contributed by atoms with Gasteiger partial charge in [0.1, 0.15) is 0 Å². The van der Waals surface area contributed by atoms with Gasteiger partial charge in [-0.3, -0.25) is 0 Å². The van der Waals surface area contributed by atoms with Gasteiger partial charge in [-0.25, -0.2) is 0 Å². The van der Waals surface area contributed by atoms with E-state index in [4.69, 9.17) is 4.74 Å². The van der Waals surface area contributed by atoms with Gasteiger partial charge in [0, 0.05) is 24.8 Å². The maximum atomic E-state index is 5.34. The van der Waals surface area contributed by atoms with Crippen LogP contribution in [0.25, 0.3) is 0 Å². The molecule has 0 bridgehead atoms. The van der Waals surface area contributed by atoms with Gasteiger partial charge < -0.3 is 10.1 Å². The van der Waals surface area contributed by atoms with E-state index >= 15 is 0 Å². The molecule has 1 aliphatic heterocycles. The Morgan fingerprint density at radius 1 is 1.05 bits per heavy atom. The highest BCUT2D eigenvalue weighted by atomic mass is 16.5. The van der Waals surface area contributed by atoms with Crippen molar-refractivity contribution in [2.75, 3.05) is 25.6 Å². The van der Waals surface area contributed by atoms with Gasteiger partial charge in [0.2, 0.25) is 0 Å². The molecule has 0 amide bonds. The number of para-hydroxylation sites is 1. The molecule has 2 heteroatoms. The Hall–Kier alpha value is -1.02. The molecule has 2 nitrogen and oxygen atoms in total. The number of benzene rings is 1. The maximum absolute atomic E-state index is 5.34. The molecule has 0 fully saturated rings. The molecule has 1 atom stereocenters. The minimum absolute atomic E-state index is 0.186. The van der Waals surface area contributed by atoms with Crippen molar-refractivity contribution < 1.29 is 4.74 Å². The first-order valence-corrected chi connectivity index (χ1v) is 8.15. The summed E-state index contributed by atoms with van der Waals surface area (Å²) in [7, 11) is 1.78. The molecule has 0 saturated heterocycles. The number of rotatable bonds is 3. The van der Waals surface area contributed by atoms with E-state index in [0.29, 0.717) is 0 Å². The predicted molar refractivity (Wildman–Crippen MR) is 92.8 cm³/mol. The second-order valence-corrected chi connectivity index (χ2v) is 3.97. The van der Waals surface area contributed by atoms with Gasteiger partial charge in [-0.1, -0.05) is 66.7 Å². The third kappa shape index (κ3) is 5.16. The molecule has 0 spiro atoms. The van der Waals surface area contributed by atoms with E-state index < -0.39 is 0 Å². The molecular weight excluding hydrogens is 246 g/mol. The molecule has 118 valence electrons. The topological polar surface area (TPSA) is 21.3 Å². The molecule has 20 heavy (non-hydrogen) atoms. The van der Waals surface area contributed by atoms with Crippen molar-refractivity contribution in [1.82, 2.24) is 0 Å². The average molecular weight is 281 g/mol. The standard InChI is InChI=1S/C12H17NO.3C2H6/c1-3-12(9-14-2)8-13-11-7-5-4-6-10(11)12;3*1-2/h4-7,13H,3,8-9H2,1-2H3;3*1-2H3. The van der Waals surface area contributed by atoms with Crippen LogP contribution in [0.1, 0.15) is 60.5 Å². The molecule has 1 N–H and O–H groups in total. The van der Waals surface area contributed by atoms with Gasteiger partial charge in [-0.2, -0.15) is 0 Å². The number of nitrogens with one attached hydrogen (secondary N) is 1. The van der Waals surface area contributed by atoms with Crippen molar-refractivity contribution in [2.24, 2.45) is 0 Å². The Bertz CT molecular complexity index is 321. The Labute approximate surface area is 126 Å². The summed E-state index contributed by atoms with van der Waals surface area (Å²) >= 11 is 0. The van der Waals surface area contributed by atoms with Crippen LogP contribution in [0.2, 0.25) is 0 Å². The number of methoxy groups -OCH3 is 1. The number of ether oxygens (including phenoxy) is 1. The lowest BCUT2D eigenvalue weighted by molar-refractivity contribution is 0.136. The second kappa shape index (κ2) is 13.0. The highest BCUT2D eigenvalue weighted by Crippen LogP contribution is 2.39. The SMILES string of the molecule is CC.CC.CC.CCC1(COC)CNc2ccccc21. The molecule has 1 aliphatic rings. The van der Waals surface area contributed by atoms with Crippen LogP contribution in [0.3, 0.4) is 0 Å². The number of hydrogen-bond donors (Lipinski definition) is 1. The van der Waals surface area contributed by atoms with Crippen LogP contribution in [-0.4, -0.2) is 20.3 Å². The van der Waals surface area contributed by atoms with E-state index in [1.165, 1.54) is 11.3 Å². The highest BCUT2D eigenvalue weighted by Gasteiger charge is 2.36. The molecule has 1 aromatic rings. The Morgan fingerprint density at radius 3 is 2.10 bits per heavy atom. The summed E-state index contributed by atoms with van der Waals surface area (Å²) in [6, 6.07) is 8.52. The molecule has 0 aromatic heterocycles. The van der Waals surface area contributed by atoms with Crippen molar-refractivity contribution in [3.8, 4) is 0 Å². The summed E-state index contributed by atoms with van der Waals surface area (Å²) in [5, 5.41) is 3.45. The number of fused-ring (bicyclic) bond motifs is 1. The zero-order chi connectivity index (χ0) is 16.0. The van der Waals surface area contributed by atoms with Gasteiger partial charge >= 0.3 is 0 Å². The quantitative estimate of drug-likeness (QED) is 0.791. The van der Waals surface area contributed by atoms with E-state index in [9.17, 15) is 0 Å². The van der Waals surface area contributed by atoms with Crippen molar-refractivity contribution in [3.63, 3.8) is 0 Å². The monoisotopic (exact) mass is 281 g/mol. The molecule has 0 aliphatic carbocycles. The normalized spacial score (nSPS) is 18.0. The van der Waals surface area contributed by atoms with E-state index in [2.05, 4.69) is 36.5 Å². The lowest BCUT2D eigenvalue weighted by Gasteiger charge is -2.26. The summed E-state index contributed by atoms with van der Waals surface area (Å²) in [5.41, 5.74) is 2.86. The summed E-state index contributed by atoms with van der Waals surface area (Å²) in [6.07, 6.45) is 1.12. The van der Waals surface area contributed by atoms with Crippen LogP contribution in [-0.2, 0) is 10.2 Å². The van der Waals surface area contributed by atoms with Crippen molar-refractivity contribution in [3.05, 3.63) is 29.8 Å². The molecule has 2 rings (SSSR count). The summed E-state index contributed by atoms with van der Waals surface area (Å²) in [6.45, 7) is 16.0. The van der Waals surface area contributed by atoms with Crippen LogP contribution in [0.5, 0.6) is 0 Å². The lowest BCUT2D eigenvalue weighted by atomic mass is 9.81. The Kier molecular flexibility index (Phi) is 13.8. The summed E-state index contributed by atoms with van der Waals surface area (Å²) < 4.78 is 5.34. The molecule has 1 unspecified atom stereocenters. The third-order valence-electron chi connectivity index (χ3n) is 3.21. The minimum atomic E-state index is 0.186. The fourth-order valence-corrected chi connectivity index (χ4v) is 2.28. The first kappa shape index (κ1) is 21.3. The second-order valence-electron chi connectivity index (χ2n) is 3.97. The first-order chi connectivity index (χ1) is 9.82. The molecule has 1 aromatic carbocycles. The largest absolute Gasteiger partial charge is 0.384 e. The van der Waals surface area contributed by atoms with E-state index in [1.54, 1.807) is 7.11 Å². The summed E-state index contributed by atoms with van der Waals surface area (Å²) in [4.78, 5) is 0. The van der Waals surface area contributed by atoms with Gasteiger partial charge in [-0.15, -0.1) is 0 Å². The number of hydrogen-bond acceptors (Lipinski definition) is 2. The zero-order valence-electron chi connectivity index (χ0n) is 14.8. The van der Waals surface area contributed by atoms with E-state index in [1.807, 2.05) is 41.5 Å². The molecule has 0 radical (unpaired) electrons. The predicted octanol–water partition coefficient (Wildman–Crippen LogP) is 5.48. The van der Waals surface area contributed by atoms with Gasteiger partial charge in [-0.05, 0) is 18.1 Å². The molecular formula is C18H35NO. The van der Waals surface area contributed by atoms with Crippen molar-refractivity contribution in [1.29, 1.82) is 0 Å². The van der Waals surface area contributed by atoms with Crippen LogP contribution in [0.4, 0.5) is 5.69 Å². The maximum Gasteiger partial charge on any atom is 0.0576 e. The van der Waals surface area contributed by atoms with Crippen molar-refractivity contribution in [2.45, 2.75) is 60.3 Å². The van der Waals surface area contributed by atoms with Crippen molar-refractivity contribution >= 4 is 5.69 Å². The van der Waals surface area contributed by atoms with E-state index in [-0.39, 0.29) is 5.41 Å². The zero-order valence-corrected chi connectivity index (χ0v) is 14.8.